The summed E-state index contributed by atoms with van der Waals surface area (Å²) in [5.41, 5.74) is 1.20. The van der Waals surface area contributed by atoms with E-state index < -0.39 is 24.5 Å². The molecule has 0 bridgehead atoms. The minimum absolute atomic E-state index is 0.310. The van der Waals surface area contributed by atoms with Crippen LogP contribution in [0.15, 0.2) is 54.6 Å². The summed E-state index contributed by atoms with van der Waals surface area (Å²) in [5, 5.41) is 16.7. The molecule has 1 heterocycles. The second-order valence-electron chi connectivity index (χ2n) is 5.68. The van der Waals surface area contributed by atoms with Crippen LogP contribution in [-0.2, 0) is 20.9 Å². The lowest BCUT2D eigenvalue weighted by atomic mass is 10.2. The maximum absolute atomic E-state index is 11.8. The van der Waals surface area contributed by atoms with Crippen molar-refractivity contribution >= 4 is 35.2 Å². The molecule has 29 heavy (non-hydrogen) atoms. The van der Waals surface area contributed by atoms with E-state index in [4.69, 9.17) is 16.3 Å². The number of amides is 3. The molecule has 0 aliphatic rings. The van der Waals surface area contributed by atoms with Gasteiger partial charge in [-0.05, 0) is 41.6 Å². The van der Waals surface area contributed by atoms with Gasteiger partial charge in [0, 0.05) is 16.3 Å². The van der Waals surface area contributed by atoms with Gasteiger partial charge in [-0.2, -0.15) is 4.80 Å². The Labute approximate surface area is 169 Å². The molecular weight excluding hydrogens is 400 g/mol. The summed E-state index contributed by atoms with van der Waals surface area (Å²) in [6, 6.07) is 14.6. The van der Waals surface area contributed by atoms with Gasteiger partial charge in [0.2, 0.25) is 5.82 Å². The molecule has 2 aromatic carbocycles. The maximum atomic E-state index is 11.8. The molecule has 2 N–H and O–H groups in total. The van der Waals surface area contributed by atoms with Crippen LogP contribution in [0.3, 0.4) is 0 Å². The van der Waals surface area contributed by atoms with E-state index in [1.54, 1.807) is 54.6 Å². The van der Waals surface area contributed by atoms with E-state index in [1.807, 2.05) is 0 Å². The van der Waals surface area contributed by atoms with Gasteiger partial charge < -0.3 is 10.1 Å². The van der Waals surface area contributed by atoms with Crippen LogP contribution in [0.5, 0.6) is 0 Å². The molecule has 0 unspecified atom stereocenters. The number of tetrazole rings is 1. The molecule has 0 saturated carbocycles. The number of hydrogen-bond acceptors (Lipinski definition) is 7. The first-order valence-corrected chi connectivity index (χ1v) is 8.72. The molecule has 0 fully saturated rings. The molecular formula is C18H15ClN6O4. The molecule has 148 valence electrons. The number of rotatable bonds is 6. The van der Waals surface area contributed by atoms with Crippen molar-refractivity contribution in [3.8, 4) is 11.4 Å². The minimum atomic E-state index is -0.778. The normalized spacial score (nSPS) is 10.2. The van der Waals surface area contributed by atoms with Gasteiger partial charge in [0.05, 0.1) is 0 Å². The van der Waals surface area contributed by atoms with Crippen LogP contribution in [0.1, 0.15) is 0 Å². The number of esters is 1. The van der Waals surface area contributed by atoms with Gasteiger partial charge in [-0.3, -0.25) is 10.1 Å². The van der Waals surface area contributed by atoms with Gasteiger partial charge in [0.25, 0.3) is 5.91 Å². The number of carbonyl (C=O) groups excluding carboxylic acids is 3. The van der Waals surface area contributed by atoms with Gasteiger partial charge in [-0.25, -0.2) is 9.59 Å². The highest BCUT2D eigenvalue weighted by Crippen LogP contribution is 2.16. The topological polar surface area (TPSA) is 128 Å². The van der Waals surface area contributed by atoms with Gasteiger partial charge in [-0.1, -0.05) is 29.8 Å². The number of halogens is 1. The molecule has 3 rings (SSSR count). The maximum Gasteiger partial charge on any atom is 0.330 e. The molecule has 11 heteroatoms. The minimum Gasteiger partial charge on any atom is -0.454 e. The predicted octanol–water partition coefficient (Wildman–Crippen LogP) is 1.89. The Balaban J connectivity index is 1.43. The summed E-state index contributed by atoms with van der Waals surface area (Å²) < 4.78 is 4.81. The molecule has 0 saturated heterocycles. The molecule has 3 amide bonds. The number of hydrogen-bond donors (Lipinski definition) is 2. The second-order valence-corrected chi connectivity index (χ2v) is 6.12. The number of nitrogens with one attached hydrogen (secondary N) is 2. The smallest absolute Gasteiger partial charge is 0.330 e. The number of ether oxygens (including phenoxy) is 1. The lowest BCUT2D eigenvalue weighted by Crippen LogP contribution is -2.37. The summed E-state index contributed by atoms with van der Waals surface area (Å²) in [5.74, 6) is -1.23. The third kappa shape index (κ3) is 6.11. The van der Waals surface area contributed by atoms with Gasteiger partial charge >= 0.3 is 12.0 Å². The summed E-state index contributed by atoms with van der Waals surface area (Å²) >= 11 is 5.82. The van der Waals surface area contributed by atoms with Crippen molar-refractivity contribution in [2.45, 2.75) is 6.54 Å². The number of para-hydroxylation sites is 1. The average Bonchev–Trinajstić information content (AvgIpc) is 3.16. The van der Waals surface area contributed by atoms with Crippen LogP contribution in [0.4, 0.5) is 10.5 Å². The Morgan fingerprint density at radius 3 is 2.48 bits per heavy atom. The van der Waals surface area contributed by atoms with Crippen LogP contribution in [0.25, 0.3) is 11.4 Å². The largest absolute Gasteiger partial charge is 0.454 e. The fourth-order valence-corrected chi connectivity index (χ4v) is 2.30. The lowest BCUT2D eigenvalue weighted by molar-refractivity contribution is -0.149. The molecule has 3 aromatic rings. The standard InChI is InChI=1S/C18H15ClN6O4/c19-13-8-6-12(7-9-13)17-22-24-25(23-17)10-16(27)29-11-15(26)21-18(28)20-14-4-2-1-3-5-14/h1-9H,10-11H2,(H2,20,21,26,28). The van der Waals surface area contributed by atoms with Gasteiger partial charge in [0.15, 0.2) is 13.2 Å². The number of anilines is 1. The summed E-state index contributed by atoms with van der Waals surface area (Å²) in [4.78, 5) is 36.3. The zero-order chi connectivity index (χ0) is 20.6. The number of imide groups is 1. The number of carbonyl (C=O) groups is 3. The zero-order valence-electron chi connectivity index (χ0n) is 14.9. The van der Waals surface area contributed by atoms with Crippen molar-refractivity contribution < 1.29 is 19.1 Å². The van der Waals surface area contributed by atoms with Crippen LogP contribution in [-0.4, -0.2) is 44.7 Å². The molecule has 0 aliphatic heterocycles. The van der Waals surface area contributed by atoms with E-state index in [9.17, 15) is 14.4 Å². The third-order valence-electron chi connectivity index (χ3n) is 3.47. The highest BCUT2D eigenvalue weighted by molar-refractivity contribution is 6.30. The number of urea groups is 1. The fraction of sp³-hybridized carbons (Fsp3) is 0.111. The van der Waals surface area contributed by atoms with Crippen LogP contribution in [0, 0.1) is 0 Å². The Bertz CT molecular complexity index is 1010. The molecule has 1 aromatic heterocycles. The van der Waals surface area contributed by atoms with E-state index >= 15 is 0 Å². The SMILES string of the molecule is O=C(COC(=O)Cn1nnc(-c2ccc(Cl)cc2)n1)NC(=O)Nc1ccccc1. The van der Waals surface area contributed by atoms with E-state index in [0.29, 0.717) is 22.1 Å². The third-order valence-corrected chi connectivity index (χ3v) is 3.73. The van der Waals surface area contributed by atoms with Crippen molar-refractivity contribution in [3.05, 3.63) is 59.6 Å². The van der Waals surface area contributed by atoms with Gasteiger partial charge in [0.1, 0.15) is 0 Å². The molecule has 0 radical (unpaired) electrons. The Kier molecular flexibility index (Phi) is 6.48. The summed E-state index contributed by atoms with van der Waals surface area (Å²) in [7, 11) is 0. The Morgan fingerprint density at radius 2 is 1.76 bits per heavy atom. The molecule has 0 spiro atoms. The first-order chi connectivity index (χ1) is 14.0. The van der Waals surface area contributed by atoms with Crippen LogP contribution in [0.2, 0.25) is 5.02 Å². The van der Waals surface area contributed by atoms with E-state index in [1.165, 1.54) is 0 Å². The molecule has 10 nitrogen and oxygen atoms in total. The predicted molar refractivity (Wildman–Crippen MR) is 103 cm³/mol. The highest BCUT2D eigenvalue weighted by Gasteiger charge is 2.13. The summed E-state index contributed by atoms with van der Waals surface area (Å²) in [6.07, 6.45) is 0. The van der Waals surface area contributed by atoms with Gasteiger partial charge in [-0.15, -0.1) is 10.2 Å². The molecule has 0 atom stereocenters. The number of aromatic nitrogens is 4. The van der Waals surface area contributed by atoms with Crippen molar-refractivity contribution in [1.29, 1.82) is 0 Å². The summed E-state index contributed by atoms with van der Waals surface area (Å²) in [6.45, 7) is -0.968. The first-order valence-electron chi connectivity index (χ1n) is 8.35. The van der Waals surface area contributed by atoms with Crippen molar-refractivity contribution in [3.63, 3.8) is 0 Å². The van der Waals surface area contributed by atoms with Crippen molar-refractivity contribution in [1.82, 2.24) is 25.5 Å². The molecule has 0 aliphatic carbocycles. The highest BCUT2D eigenvalue weighted by atomic mass is 35.5. The van der Waals surface area contributed by atoms with Crippen molar-refractivity contribution in [2.75, 3.05) is 11.9 Å². The van der Waals surface area contributed by atoms with Crippen molar-refractivity contribution in [2.24, 2.45) is 0 Å². The van der Waals surface area contributed by atoms with E-state index in [0.717, 1.165) is 4.80 Å². The lowest BCUT2D eigenvalue weighted by Gasteiger charge is -2.07. The fourth-order valence-electron chi connectivity index (χ4n) is 2.18. The van der Waals surface area contributed by atoms with E-state index in [2.05, 4.69) is 26.0 Å². The Morgan fingerprint density at radius 1 is 1.03 bits per heavy atom. The van der Waals surface area contributed by atoms with Crippen LogP contribution < -0.4 is 10.6 Å². The monoisotopic (exact) mass is 414 g/mol. The average molecular weight is 415 g/mol. The van der Waals surface area contributed by atoms with Crippen LogP contribution >= 0.6 is 11.6 Å². The van der Waals surface area contributed by atoms with E-state index in [-0.39, 0.29) is 6.54 Å². The number of nitrogens with zero attached hydrogens (tertiary/aromatic N) is 4. The first kappa shape index (κ1) is 20.0. The zero-order valence-corrected chi connectivity index (χ0v) is 15.7. The second kappa shape index (κ2) is 9.42. The Hall–Kier alpha value is -3.79. The quantitative estimate of drug-likeness (QED) is 0.589. The number of benzene rings is 2.